The van der Waals surface area contributed by atoms with E-state index in [9.17, 15) is 9.59 Å². The molecule has 2 bridgehead atoms. The summed E-state index contributed by atoms with van der Waals surface area (Å²) in [6.07, 6.45) is 11.8. The summed E-state index contributed by atoms with van der Waals surface area (Å²) in [6.45, 7) is 0. The predicted octanol–water partition coefficient (Wildman–Crippen LogP) is 6.63. The van der Waals surface area contributed by atoms with Gasteiger partial charge in [0.05, 0.1) is 18.5 Å². The second-order valence-corrected chi connectivity index (χ2v) is 10.7. The van der Waals surface area contributed by atoms with Crippen LogP contribution in [0.4, 0.5) is 16.2 Å². The molecule has 1 aliphatic rings. The summed E-state index contributed by atoms with van der Waals surface area (Å²) >= 11 is 12.9. The molecule has 0 aliphatic carbocycles. The molecule has 0 saturated carbocycles. The number of hydrogen-bond acceptors (Lipinski definition) is 7. The molecule has 42 heavy (non-hydrogen) atoms. The number of methoxy groups -OCH3 is 1. The number of carbonyl (C=O) groups excluding carboxylic acids is 2. The lowest BCUT2D eigenvalue weighted by molar-refractivity contribution is -0.111. The zero-order valence-corrected chi connectivity index (χ0v) is 24.5. The first-order valence-electron chi connectivity index (χ1n) is 13.7. The topological polar surface area (TPSA) is 140 Å². The van der Waals surface area contributed by atoms with Crippen LogP contribution in [0.15, 0.2) is 42.7 Å². The Hall–Kier alpha value is -4.22. The number of anilines is 2. The van der Waals surface area contributed by atoms with E-state index in [1.54, 1.807) is 30.3 Å². The number of hydrogen-bond donors (Lipinski definition) is 3. The van der Waals surface area contributed by atoms with E-state index >= 15 is 0 Å². The highest BCUT2D eigenvalue weighted by Crippen LogP contribution is 2.39. The number of benzene rings is 2. The number of carbonyl (C=O) groups is 2. The van der Waals surface area contributed by atoms with Gasteiger partial charge in [-0.05, 0) is 71.7 Å². The summed E-state index contributed by atoms with van der Waals surface area (Å²) in [6, 6.07) is 8.75. The molecule has 0 radical (unpaired) electrons. The Balaban J connectivity index is 1.53. The molecule has 3 heterocycles. The number of aryl methyl sites for hydroxylation is 2. The van der Waals surface area contributed by atoms with Crippen LogP contribution < -0.4 is 10.6 Å². The summed E-state index contributed by atoms with van der Waals surface area (Å²) < 4.78 is 6.29. The fourth-order valence-electron chi connectivity index (χ4n) is 4.99. The summed E-state index contributed by atoms with van der Waals surface area (Å²) in [5.74, 6) is 0.384. The van der Waals surface area contributed by atoms with Crippen molar-refractivity contribution in [2.24, 2.45) is 0 Å². The third-order valence-corrected chi connectivity index (χ3v) is 7.47. The zero-order chi connectivity index (χ0) is 29.5. The fourth-order valence-corrected chi connectivity index (χ4v) is 5.42. The number of H-pyrrole nitrogens is 1. The fraction of sp³-hybridized carbons (Fsp3) is 0.310. The molecule has 0 spiro atoms. The van der Waals surface area contributed by atoms with Crippen molar-refractivity contribution in [1.29, 1.82) is 0 Å². The first-order chi connectivity index (χ1) is 20.4. The summed E-state index contributed by atoms with van der Waals surface area (Å²) in [5.41, 5.74) is 4.38. The first kappa shape index (κ1) is 29.3. The van der Waals surface area contributed by atoms with Crippen LogP contribution in [0.3, 0.4) is 0 Å². The van der Waals surface area contributed by atoms with Gasteiger partial charge in [0.15, 0.2) is 0 Å². The molecule has 218 valence electrons. The molecule has 0 atom stereocenters. The van der Waals surface area contributed by atoms with E-state index in [1.165, 1.54) is 24.2 Å². The van der Waals surface area contributed by atoms with Crippen molar-refractivity contribution in [3.63, 3.8) is 0 Å². The van der Waals surface area contributed by atoms with Crippen molar-refractivity contribution < 1.29 is 14.3 Å². The number of nitrogens with zero attached hydrogens (tertiary/aromatic N) is 5. The average molecular weight is 610 g/mol. The predicted molar refractivity (Wildman–Crippen MR) is 162 cm³/mol. The van der Waals surface area contributed by atoms with Gasteiger partial charge in [0.25, 0.3) is 0 Å². The minimum atomic E-state index is -0.618. The van der Waals surface area contributed by atoms with Gasteiger partial charge >= 0.3 is 6.09 Å². The second-order valence-electron chi connectivity index (χ2n) is 9.92. The van der Waals surface area contributed by atoms with E-state index in [0.29, 0.717) is 50.5 Å². The van der Waals surface area contributed by atoms with Crippen molar-refractivity contribution >= 4 is 52.7 Å². The van der Waals surface area contributed by atoms with Gasteiger partial charge in [-0.2, -0.15) is 4.68 Å². The minimum absolute atomic E-state index is 0.396. The molecule has 4 aromatic rings. The molecule has 0 fully saturated rings. The largest absolute Gasteiger partial charge is 0.453 e. The molecule has 2 amide bonds. The van der Waals surface area contributed by atoms with E-state index in [-0.39, 0.29) is 0 Å². The van der Waals surface area contributed by atoms with Crippen molar-refractivity contribution in [3.05, 3.63) is 69.9 Å². The average Bonchev–Trinajstić information content (AvgIpc) is 3.63. The van der Waals surface area contributed by atoms with Gasteiger partial charge in [0.2, 0.25) is 5.91 Å². The van der Waals surface area contributed by atoms with Crippen LogP contribution in [0.2, 0.25) is 10.2 Å². The smallest absolute Gasteiger partial charge is 0.411 e. The second kappa shape index (κ2) is 13.6. The van der Waals surface area contributed by atoms with Gasteiger partial charge in [-0.1, -0.05) is 48.9 Å². The van der Waals surface area contributed by atoms with Gasteiger partial charge in [-0.3, -0.25) is 10.1 Å². The van der Waals surface area contributed by atoms with E-state index in [4.69, 9.17) is 32.9 Å². The van der Waals surface area contributed by atoms with Crippen LogP contribution in [-0.4, -0.2) is 49.3 Å². The first-order valence-corrected chi connectivity index (χ1v) is 14.5. The number of ether oxygens (including phenoxy) is 1. The Morgan fingerprint density at radius 3 is 2.57 bits per heavy atom. The van der Waals surface area contributed by atoms with Gasteiger partial charge in [-0.25, -0.2) is 9.78 Å². The Morgan fingerprint density at radius 2 is 1.81 bits per heavy atom. The van der Waals surface area contributed by atoms with Gasteiger partial charge in [0, 0.05) is 34.3 Å². The number of fused-ring (bicyclic) bond motifs is 4. The summed E-state index contributed by atoms with van der Waals surface area (Å²) in [7, 11) is 1.30. The molecule has 0 saturated heterocycles. The molecule has 1 aliphatic heterocycles. The lowest BCUT2D eigenvalue weighted by Crippen LogP contribution is -2.14. The number of tetrazole rings is 1. The maximum Gasteiger partial charge on any atom is 0.411 e. The lowest BCUT2D eigenvalue weighted by Gasteiger charge is -2.17. The van der Waals surface area contributed by atoms with Crippen molar-refractivity contribution in [2.75, 3.05) is 17.7 Å². The van der Waals surface area contributed by atoms with E-state index < -0.39 is 12.0 Å². The molecule has 2 aromatic carbocycles. The number of halogens is 2. The normalized spacial score (nSPS) is 13.9. The highest BCUT2D eigenvalue weighted by Gasteiger charge is 2.21. The van der Waals surface area contributed by atoms with Crippen LogP contribution >= 0.6 is 23.2 Å². The third-order valence-electron chi connectivity index (χ3n) is 6.96. The van der Waals surface area contributed by atoms with Gasteiger partial charge < -0.3 is 15.0 Å². The highest BCUT2D eigenvalue weighted by molar-refractivity contribution is 6.32. The minimum Gasteiger partial charge on any atom is -0.453 e. The number of rotatable bonds is 5. The molecule has 13 heteroatoms. The standard InChI is InChI=1S/C29H30Cl2N8O3/c1-42-29(41)33-21-15-19-8-6-4-2-3-5-7-9-24-35-27(28(31)36-24)26(19)22(16-21)34-25(40)13-10-18-14-20(30)11-12-23(18)39-17-32-37-38-39/h10-17H,2-9H2,1H3,(H,33,41)(H,34,40)(H,35,36). The van der Waals surface area contributed by atoms with Crippen LogP contribution in [0, 0.1) is 0 Å². The van der Waals surface area contributed by atoms with Crippen molar-refractivity contribution in [2.45, 2.75) is 51.4 Å². The highest BCUT2D eigenvalue weighted by atomic mass is 35.5. The lowest BCUT2D eigenvalue weighted by atomic mass is 9.96. The summed E-state index contributed by atoms with van der Waals surface area (Å²) in [4.78, 5) is 33.5. The maximum atomic E-state index is 13.4. The van der Waals surface area contributed by atoms with E-state index in [1.807, 2.05) is 6.07 Å². The monoisotopic (exact) mass is 608 g/mol. The molecule has 5 rings (SSSR count). The van der Waals surface area contributed by atoms with Crippen molar-refractivity contribution in [1.82, 2.24) is 30.2 Å². The Labute approximate surface area is 252 Å². The Kier molecular flexibility index (Phi) is 9.50. The third kappa shape index (κ3) is 7.15. The molecular weight excluding hydrogens is 579 g/mol. The zero-order valence-electron chi connectivity index (χ0n) is 23.0. The number of aromatic amines is 1. The van der Waals surface area contributed by atoms with Crippen molar-refractivity contribution in [3.8, 4) is 16.9 Å². The van der Waals surface area contributed by atoms with Gasteiger partial charge in [-0.15, -0.1) is 5.10 Å². The van der Waals surface area contributed by atoms with Crippen LogP contribution in [-0.2, 0) is 22.4 Å². The number of amides is 2. The van der Waals surface area contributed by atoms with Crippen LogP contribution in [0.25, 0.3) is 23.0 Å². The number of aromatic nitrogens is 6. The molecular formula is C29H30Cl2N8O3. The maximum absolute atomic E-state index is 13.4. The van der Waals surface area contributed by atoms with Gasteiger partial charge in [0.1, 0.15) is 23.0 Å². The molecule has 11 nitrogen and oxygen atoms in total. The molecule has 0 unspecified atom stereocenters. The number of nitrogens with one attached hydrogen (secondary N) is 3. The summed E-state index contributed by atoms with van der Waals surface area (Å²) in [5, 5.41) is 17.9. The molecule has 3 N–H and O–H groups in total. The Bertz CT molecular complexity index is 1600. The quantitative estimate of drug-likeness (QED) is 0.216. The Morgan fingerprint density at radius 1 is 1.02 bits per heavy atom. The van der Waals surface area contributed by atoms with E-state index in [0.717, 1.165) is 56.3 Å². The molecule has 2 aromatic heterocycles. The van der Waals surface area contributed by atoms with Crippen LogP contribution in [0.1, 0.15) is 55.5 Å². The SMILES string of the molecule is COC(=O)Nc1cc2c(c(NC(=O)C=Cc3cc(Cl)ccc3-n3cnnn3)c1)-c1nc([nH]c1Cl)CCCCCCCC2. The van der Waals surface area contributed by atoms with E-state index in [2.05, 4.69) is 31.1 Å². The number of imidazole rings is 1. The van der Waals surface area contributed by atoms with Crippen LogP contribution in [0.5, 0.6) is 0 Å².